The van der Waals surface area contributed by atoms with Crippen molar-refractivity contribution in [3.8, 4) is 0 Å². The first-order valence-corrected chi connectivity index (χ1v) is 8.25. The van der Waals surface area contributed by atoms with Crippen LogP contribution in [0.25, 0.3) is 0 Å². The maximum atomic E-state index is 12.5. The van der Waals surface area contributed by atoms with Gasteiger partial charge < -0.3 is 14.5 Å². The number of urea groups is 1. The van der Waals surface area contributed by atoms with E-state index >= 15 is 0 Å². The van der Waals surface area contributed by atoms with Gasteiger partial charge in [0.25, 0.3) is 0 Å². The van der Waals surface area contributed by atoms with Crippen molar-refractivity contribution in [3.05, 3.63) is 0 Å². The van der Waals surface area contributed by atoms with Crippen LogP contribution in [0.2, 0.25) is 0 Å². The Morgan fingerprint density at radius 2 is 1.68 bits per heavy atom. The van der Waals surface area contributed by atoms with Gasteiger partial charge in [0.05, 0.1) is 12.2 Å². The van der Waals surface area contributed by atoms with Crippen molar-refractivity contribution in [2.45, 2.75) is 50.1 Å². The summed E-state index contributed by atoms with van der Waals surface area (Å²) in [5.41, 5.74) is 0.516. The molecule has 3 atom stereocenters. The van der Waals surface area contributed by atoms with Crippen LogP contribution in [0.15, 0.2) is 0 Å². The van der Waals surface area contributed by atoms with Gasteiger partial charge in [0, 0.05) is 31.0 Å². The lowest BCUT2D eigenvalue weighted by atomic mass is 9.94. The van der Waals surface area contributed by atoms with Crippen LogP contribution in [-0.2, 0) is 4.74 Å². The lowest BCUT2D eigenvalue weighted by Crippen LogP contribution is -2.54. The Labute approximate surface area is 123 Å². The number of ether oxygens (including phenoxy) is 1. The van der Waals surface area contributed by atoms with Gasteiger partial charge in [0.15, 0.2) is 0 Å². The van der Waals surface area contributed by atoms with Crippen molar-refractivity contribution in [1.82, 2.24) is 9.80 Å². The summed E-state index contributed by atoms with van der Waals surface area (Å²) < 4.78 is 5.69. The van der Waals surface area contributed by atoms with E-state index in [1.807, 2.05) is 23.6 Å². The Hall–Kier alpha value is -0.290. The molecule has 2 heterocycles. The zero-order valence-electron chi connectivity index (χ0n) is 11.8. The van der Waals surface area contributed by atoms with Gasteiger partial charge in [-0.3, -0.25) is 0 Å². The van der Waals surface area contributed by atoms with Gasteiger partial charge in [-0.1, -0.05) is 15.9 Å². The number of rotatable bonds is 0. The molecule has 4 nitrogen and oxygen atoms in total. The molecule has 3 aliphatic rings. The minimum absolute atomic E-state index is 0.152. The van der Waals surface area contributed by atoms with Crippen molar-refractivity contribution in [1.29, 1.82) is 0 Å². The zero-order valence-corrected chi connectivity index (χ0v) is 13.4. The fourth-order valence-corrected chi connectivity index (χ4v) is 4.60. The van der Waals surface area contributed by atoms with Crippen LogP contribution in [0.5, 0.6) is 0 Å². The Kier molecular flexibility index (Phi) is 3.54. The molecule has 108 valence electrons. The van der Waals surface area contributed by atoms with E-state index in [1.54, 1.807) is 0 Å². The van der Waals surface area contributed by atoms with Crippen molar-refractivity contribution in [3.63, 3.8) is 0 Å². The van der Waals surface area contributed by atoms with Crippen LogP contribution in [0.1, 0.15) is 33.1 Å². The molecular formula is C14H23BrN2O2. The van der Waals surface area contributed by atoms with Crippen molar-refractivity contribution in [2.75, 3.05) is 26.2 Å². The Morgan fingerprint density at radius 1 is 1.16 bits per heavy atom. The summed E-state index contributed by atoms with van der Waals surface area (Å²) >= 11 is 3.72. The second-order valence-corrected chi connectivity index (χ2v) is 7.57. The summed E-state index contributed by atoms with van der Waals surface area (Å²) in [6, 6.07) is 0.212. The van der Waals surface area contributed by atoms with Crippen LogP contribution < -0.4 is 0 Å². The molecule has 2 saturated heterocycles. The molecule has 2 aliphatic heterocycles. The van der Waals surface area contributed by atoms with Crippen LogP contribution in [0.3, 0.4) is 0 Å². The highest BCUT2D eigenvalue weighted by atomic mass is 79.9. The third-order valence-corrected chi connectivity index (χ3v) is 6.10. The summed E-state index contributed by atoms with van der Waals surface area (Å²) in [7, 11) is 0. The molecule has 0 bridgehead atoms. The molecule has 0 aromatic heterocycles. The maximum absolute atomic E-state index is 12.5. The number of carbonyl (C=O) groups is 1. The normalized spacial score (nSPS) is 37.5. The number of likely N-dealkylation sites (tertiary alicyclic amines) is 1. The number of piperidine rings is 1. The highest BCUT2D eigenvalue weighted by molar-refractivity contribution is 9.09. The topological polar surface area (TPSA) is 32.8 Å². The molecule has 1 aliphatic carbocycles. The minimum Gasteiger partial charge on any atom is -0.372 e. The number of amides is 2. The molecule has 0 N–H and O–H groups in total. The number of carbonyl (C=O) groups excluding carboxylic acids is 1. The third-order valence-electron chi connectivity index (χ3n) is 4.81. The van der Waals surface area contributed by atoms with E-state index < -0.39 is 0 Å². The summed E-state index contributed by atoms with van der Waals surface area (Å²) in [6.45, 7) is 7.38. The lowest BCUT2D eigenvalue weighted by Gasteiger charge is -2.40. The molecule has 0 aromatic carbocycles. The quantitative estimate of drug-likeness (QED) is 0.639. The summed E-state index contributed by atoms with van der Waals surface area (Å²) in [4.78, 5) is 17.2. The lowest BCUT2D eigenvalue weighted by molar-refractivity contribution is -0.0590. The van der Waals surface area contributed by atoms with Crippen molar-refractivity contribution >= 4 is 22.0 Å². The van der Waals surface area contributed by atoms with E-state index in [2.05, 4.69) is 15.9 Å². The van der Waals surface area contributed by atoms with Crippen molar-refractivity contribution < 1.29 is 9.53 Å². The summed E-state index contributed by atoms with van der Waals surface area (Å²) in [6.07, 6.45) is 3.91. The predicted octanol–water partition coefficient (Wildman–Crippen LogP) is 2.47. The van der Waals surface area contributed by atoms with E-state index in [1.165, 1.54) is 6.42 Å². The number of morpholine rings is 1. The monoisotopic (exact) mass is 330 g/mol. The van der Waals surface area contributed by atoms with Gasteiger partial charge in [-0.25, -0.2) is 4.79 Å². The van der Waals surface area contributed by atoms with Gasteiger partial charge in [-0.15, -0.1) is 0 Å². The van der Waals surface area contributed by atoms with E-state index in [0.717, 1.165) is 39.0 Å². The molecule has 1 saturated carbocycles. The number of nitrogens with zero attached hydrogens (tertiary/aromatic N) is 2. The average Bonchev–Trinajstić information content (AvgIpc) is 2.98. The first kappa shape index (κ1) is 13.7. The average molecular weight is 331 g/mol. The van der Waals surface area contributed by atoms with Gasteiger partial charge in [0.2, 0.25) is 0 Å². The Morgan fingerprint density at radius 3 is 2.16 bits per heavy atom. The Bertz CT molecular complexity index is 358. The SMILES string of the molecule is C[C@@H]1CN(C(=O)N2CCC3(CC2)CC3Br)C[C@H](C)O1. The minimum atomic E-state index is 0.152. The fraction of sp³-hybridized carbons (Fsp3) is 0.929. The van der Waals surface area contributed by atoms with Crippen molar-refractivity contribution in [2.24, 2.45) is 5.41 Å². The first-order valence-electron chi connectivity index (χ1n) is 7.33. The molecule has 5 heteroatoms. The van der Waals surface area contributed by atoms with Gasteiger partial charge >= 0.3 is 6.03 Å². The molecule has 0 aromatic rings. The predicted molar refractivity (Wildman–Crippen MR) is 77.6 cm³/mol. The molecular weight excluding hydrogens is 308 g/mol. The Balaban J connectivity index is 1.56. The van der Waals surface area contributed by atoms with Gasteiger partial charge in [-0.2, -0.15) is 0 Å². The molecule has 2 amide bonds. The zero-order chi connectivity index (χ0) is 13.6. The van der Waals surface area contributed by atoms with Crippen LogP contribution in [-0.4, -0.2) is 59.0 Å². The number of alkyl halides is 1. The van der Waals surface area contributed by atoms with Crippen LogP contribution in [0, 0.1) is 5.41 Å². The smallest absolute Gasteiger partial charge is 0.320 e. The summed E-state index contributed by atoms with van der Waals surface area (Å²) in [5.74, 6) is 0. The second kappa shape index (κ2) is 4.92. The highest BCUT2D eigenvalue weighted by Crippen LogP contribution is 2.58. The van der Waals surface area contributed by atoms with E-state index in [-0.39, 0.29) is 18.2 Å². The molecule has 1 spiro atoms. The molecule has 3 rings (SSSR count). The molecule has 19 heavy (non-hydrogen) atoms. The molecule has 1 unspecified atom stereocenters. The summed E-state index contributed by atoms with van der Waals surface area (Å²) in [5, 5.41) is 0. The first-order chi connectivity index (χ1) is 9.00. The van der Waals surface area contributed by atoms with Crippen LogP contribution in [0.4, 0.5) is 4.79 Å². The number of hydrogen-bond donors (Lipinski definition) is 0. The van der Waals surface area contributed by atoms with Gasteiger partial charge in [0.1, 0.15) is 0 Å². The number of halogens is 1. The van der Waals surface area contributed by atoms with Crippen LogP contribution >= 0.6 is 15.9 Å². The number of hydrogen-bond acceptors (Lipinski definition) is 2. The fourth-order valence-electron chi connectivity index (χ4n) is 3.49. The van der Waals surface area contributed by atoms with E-state index in [4.69, 9.17) is 4.74 Å². The highest BCUT2D eigenvalue weighted by Gasteiger charge is 2.54. The molecule has 0 radical (unpaired) electrons. The maximum Gasteiger partial charge on any atom is 0.320 e. The largest absolute Gasteiger partial charge is 0.372 e. The third kappa shape index (κ3) is 2.64. The van der Waals surface area contributed by atoms with Gasteiger partial charge in [-0.05, 0) is 38.5 Å². The second-order valence-electron chi connectivity index (χ2n) is 6.47. The molecule has 3 fully saturated rings. The standard InChI is InChI=1S/C14H23BrN2O2/c1-10-8-17(9-11(2)19-10)13(18)16-5-3-14(4-6-16)7-12(14)15/h10-12H,3-9H2,1-2H3/t10-,11+,12?. The van der Waals surface area contributed by atoms with E-state index in [0.29, 0.717) is 10.2 Å². The van der Waals surface area contributed by atoms with E-state index in [9.17, 15) is 4.79 Å².